The highest BCUT2D eigenvalue weighted by atomic mass is 16.6. The summed E-state index contributed by atoms with van der Waals surface area (Å²) < 4.78 is 9.74. The van der Waals surface area contributed by atoms with E-state index in [1.807, 2.05) is 0 Å². The maximum atomic E-state index is 11.4. The van der Waals surface area contributed by atoms with Crippen molar-refractivity contribution in [2.45, 2.75) is 57.8 Å². The van der Waals surface area contributed by atoms with Crippen LogP contribution in [0.15, 0.2) is 12.2 Å². The summed E-state index contributed by atoms with van der Waals surface area (Å²) in [6, 6.07) is 0. The number of carbonyl (C=O) groups excluding carboxylic acids is 2. The molecule has 1 rings (SSSR count). The van der Waals surface area contributed by atoms with Gasteiger partial charge in [-0.05, 0) is 25.7 Å². The number of hydrogen-bond acceptors (Lipinski definition) is 5. The van der Waals surface area contributed by atoms with Crippen LogP contribution in [0.5, 0.6) is 0 Å². The van der Waals surface area contributed by atoms with Gasteiger partial charge in [0.2, 0.25) is 6.29 Å². The van der Waals surface area contributed by atoms with Gasteiger partial charge in [-0.15, -0.1) is 0 Å². The van der Waals surface area contributed by atoms with Crippen LogP contribution in [-0.2, 0) is 19.1 Å². The van der Waals surface area contributed by atoms with Crippen molar-refractivity contribution >= 4 is 11.9 Å². The molecule has 5 heteroatoms. The largest absolute Gasteiger partial charge is 0.459 e. The van der Waals surface area contributed by atoms with Gasteiger partial charge in [-0.1, -0.05) is 13.3 Å². The summed E-state index contributed by atoms with van der Waals surface area (Å²) in [6.45, 7) is 1.68. The lowest BCUT2D eigenvalue weighted by molar-refractivity contribution is -0.162. The molecule has 1 aliphatic rings. The van der Waals surface area contributed by atoms with Crippen LogP contribution in [0, 0.1) is 0 Å². The molecule has 0 radical (unpaired) electrons. The minimum absolute atomic E-state index is 0.0341. The van der Waals surface area contributed by atoms with E-state index in [0.29, 0.717) is 6.42 Å². The Hall–Kier alpha value is -1.36. The molecular weight excluding hydrogens is 236 g/mol. The molecule has 1 N–H and O–H groups in total. The molecule has 0 aliphatic heterocycles. The van der Waals surface area contributed by atoms with E-state index in [1.165, 1.54) is 6.42 Å². The van der Waals surface area contributed by atoms with Gasteiger partial charge in [0, 0.05) is 18.6 Å². The third-order valence-corrected chi connectivity index (χ3v) is 2.79. The van der Waals surface area contributed by atoms with Crippen LogP contribution in [0.2, 0.25) is 0 Å². The first-order chi connectivity index (χ1) is 8.61. The minimum Gasteiger partial charge on any atom is -0.459 e. The number of aliphatic hydroxyl groups is 1. The first-order valence-corrected chi connectivity index (χ1v) is 6.39. The molecule has 1 atom stereocenters. The van der Waals surface area contributed by atoms with Gasteiger partial charge in [0.1, 0.15) is 6.10 Å². The van der Waals surface area contributed by atoms with E-state index in [1.54, 1.807) is 6.92 Å². The Morgan fingerprint density at radius 1 is 1.22 bits per heavy atom. The lowest BCUT2D eigenvalue weighted by Crippen LogP contribution is -2.20. The van der Waals surface area contributed by atoms with Crippen molar-refractivity contribution in [1.29, 1.82) is 0 Å². The molecule has 0 amide bonds. The molecule has 18 heavy (non-hydrogen) atoms. The average molecular weight is 256 g/mol. The Labute approximate surface area is 107 Å². The molecule has 0 aromatic heterocycles. The summed E-state index contributed by atoms with van der Waals surface area (Å²) in [5.74, 6) is -1.28. The second-order valence-electron chi connectivity index (χ2n) is 4.33. The van der Waals surface area contributed by atoms with Gasteiger partial charge in [0.15, 0.2) is 0 Å². The summed E-state index contributed by atoms with van der Waals surface area (Å²) >= 11 is 0. The molecule has 0 aromatic rings. The highest BCUT2D eigenvalue weighted by Gasteiger charge is 2.16. The Morgan fingerprint density at radius 2 is 1.83 bits per heavy atom. The Kier molecular flexibility index (Phi) is 6.43. The van der Waals surface area contributed by atoms with E-state index in [0.717, 1.165) is 37.8 Å². The minimum atomic E-state index is -1.13. The van der Waals surface area contributed by atoms with Crippen LogP contribution >= 0.6 is 0 Å². The van der Waals surface area contributed by atoms with E-state index >= 15 is 0 Å². The number of esters is 2. The van der Waals surface area contributed by atoms with Crippen LogP contribution in [0.3, 0.4) is 0 Å². The van der Waals surface area contributed by atoms with E-state index < -0.39 is 18.2 Å². The number of aliphatic hydroxyl groups excluding tert-OH is 1. The fourth-order valence-electron chi connectivity index (χ4n) is 1.78. The van der Waals surface area contributed by atoms with Crippen molar-refractivity contribution in [2.75, 3.05) is 0 Å². The number of carbonyl (C=O) groups is 2. The predicted octanol–water partition coefficient (Wildman–Crippen LogP) is 1.69. The zero-order valence-corrected chi connectivity index (χ0v) is 10.6. The second kappa shape index (κ2) is 7.87. The first kappa shape index (κ1) is 14.7. The number of rotatable bonds is 5. The maximum Gasteiger partial charge on any atom is 0.333 e. The van der Waals surface area contributed by atoms with Crippen molar-refractivity contribution in [1.82, 2.24) is 0 Å². The van der Waals surface area contributed by atoms with Crippen molar-refractivity contribution < 1.29 is 24.2 Å². The molecule has 1 fully saturated rings. The Morgan fingerprint density at radius 3 is 2.44 bits per heavy atom. The zero-order chi connectivity index (χ0) is 13.4. The molecule has 102 valence electrons. The first-order valence-electron chi connectivity index (χ1n) is 6.39. The van der Waals surface area contributed by atoms with Crippen molar-refractivity contribution in [3.8, 4) is 0 Å². The smallest absolute Gasteiger partial charge is 0.333 e. The fourth-order valence-corrected chi connectivity index (χ4v) is 1.78. The van der Waals surface area contributed by atoms with Crippen molar-refractivity contribution in [3.63, 3.8) is 0 Å². The third-order valence-electron chi connectivity index (χ3n) is 2.79. The zero-order valence-electron chi connectivity index (χ0n) is 10.6. The summed E-state index contributed by atoms with van der Waals surface area (Å²) in [5, 5.41) is 9.06. The van der Waals surface area contributed by atoms with Crippen LogP contribution < -0.4 is 0 Å². The molecule has 1 unspecified atom stereocenters. The van der Waals surface area contributed by atoms with E-state index in [-0.39, 0.29) is 6.10 Å². The molecule has 1 aliphatic carbocycles. The SMILES string of the molecule is CCC(O)OC(=O)C=CC(=O)OC1CCCCC1. The lowest BCUT2D eigenvalue weighted by atomic mass is 9.98. The molecule has 0 spiro atoms. The standard InChI is InChI=1S/C13H20O5/c1-2-11(14)18-13(16)9-8-12(15)17-10-6-4-3-5-7-10/h8-11,14H,2-7H2,1H3. The van der Waals surface area contributed by atoms with E-state index in [2.05, 4.69) is 4.74 Å². The summed E-state index contributed by atoms with van der Waals surface area (Å²) in [6.07, 6.45) is 6.28. The Balaban J connectivity index is 2.27. The van der Waals surface area contributed by atoms with E-state index in [9.17, 15) is 9.59 Å². The highest BCUT2D eigenvalue weighted by molar-refractivity contribution is 5.91. The van der Waals surface area contributed by atoms with Crippen molar-refractivity contribution in [3.05, 3.63) is 12.2 Å². The van der Waals surface area contributed by atoms with Gasteiger partial charge in [-0.2, -0.15) is 0 Å². The summed E-state index contributed by atoms with van der Waals surface area (Å²) in [5.41, 5.74) is 0. The summed E-state index contributed by atoms with van der Waals surface area (Å²) in [4.78, 5) is 22.5. The normalized spacial score (nSPS) is 18.6. The monoisotopic (exact) mass is 256 g/mol. The molecule has 5 nitrogen and oxygen atoms in total. The third kappa shape index (κ3) is 5.82. The van der Waals surface area contributed by atoms with Gasteiger partial charge in [0.05, 0.1) is 0 Å². The second-order valence-corrected chi connectivity index (χ2v) is 4.33. The topological polar surface area (TPSA) is 72.8 Å². The van der Waals surface area contributed by atoms with Crippen LogP contribution in [0.1, 0.15) is 45.4 Å². The van der Waals surface area contributed by atoms with Crippen LogP contribution in [-0.4, -0.2) is 29.4 Å². The van der Waals surface area contributed by atoms with Gasteiger partial charge in [-0.3, -0.25) is 0 Å². The van der Waals surface area contributed by atoms with Gasteiger partial charge in [-0.25, -0.2) is 9.59 Å². The van der Waals surface area contributed by atoms with E-state index in [4.69, 9.17) is 9.84 Å². The van der Waals surface area contributed by atoms with Crippen molar-refractivity contribution in [2.24, 2.45) is 0 Å². The number of hydrogen-bond donors (Lipinski definition) is 1. The lowest BCUT2D eigenvalue weighted by Gasteiger charge is -2.20. The summed E-state index contributed by atoms with van der Waals surface area (Å²) in [7, 11) is 0. The maximum absolute atomic E-state index is 11.4. The molecule has 0 aromatic carbocycles. The van der Waals surface area contributed by atoms with Gasteiger partial charge < -0.3 is 14.6 Å². The molecule has 0 bridgehead atoms. The molecule has 1 saturated carbocycles. The Bertz CT molecular complexity index is 305. The average Bonchev–Trinajstić information content (AvgIpc) is 2.37. The van der Waals surface area contributed by atoms with Crippen LogP contribution in [0.25, 0.3) is 0 Å². The quantitative estimate of drug-likeness (QED) is 0.460. The highest BCUT2D eigenvalue weighted by Crippen LogP contribution is 2.20. The van der Waals surface area contributed by atoms with Gasteiger partial charge in [0.25, 0.3) is 0 Å². The molecule has 0 heterocycles. The molecule has 0 saturated heterocycles. The molecular formula is C13H20O5. The predicted molar refractivity (Wildman–Crippen MR) is 64.5 cm³/mol. The fraction of sp³-hybridized carbons (Fsp3) is 0.692. The van der Waals surface area contributed by atoms with Crippen LogP contribution in [0.4, 0.5) is 0 Å². The number of ether oxygens (including phenoxy) is 2. The van der Waals surface area contributed by atoms with Gasteiger partial charge >= 0.3 is 11.9 Å².